The standard InChI is InChI=1S/C79H138O5/c1-3-5-7-9-11-13-15-17-19-21-23-25-27-29-31-33-35-37-38-39-40-42-44-46-48-50-52-54-56-58-60-62-64-66-68-70-72-74-79(82)84-77(75-80)76-83-78(81)73-71-69-67-65-63-61-59-57-55-53-51-49-47-45-43-41-36-34-32-30-28-26-24-22-20-18-16-14-12-10-8-6-4-2/h5,7,11,13,17,19,23,25,29,31,35,37,39-40,44,46,50,52,77,80H,3-4,6,8-10,12,14-16,18,20-22,24,26-28,30,32-34,36,38,41-43,45,47-49,51,53-76H2,1-2H3/b7-5-,13-11-,19-17-,25-23-,31-29-,37-35-,40-39-,46-44-,52-50-. The average Bonchev–Trinajstić information content (AvgIpc) is 3.51. The normalized spacial score (nSPS) is 12.8. The molecule has 5 nitrogen and oxygen atoms in total. The van der Waals surface area contributed by atoms with Crippen LogP contribution in [0.3, 0.4) is 0 Å². The number of esters is 2. The first kappa shape index (κ1) is 80.6. The highest BCUT2D eigenvalue weighted by Crippen LogP contribution is 2.18. The maximum atomic E-state index is 12.4. The molecule has 0 aliphatic carbocycles. The van der Waals surface area contributed by atoms with Crippen molar-refractivity contribution in [3.8, 4) is 0 Å². The second-order valence-electron chi connectivity index (χ2n) is 24.3. The van der Waals surface area contributed by atoms with Crippen LogP contribution in [0.15, 0.2) is 109 Å². The summed E-state index contributed by atoms with van der Waals surface area (Å²) < 4.78 is 10.8. The molecule has 0 amide bonds. The summed E-state index contributed by atoms with van der Waals surface area (Å²) in [7, 11) is 0. The van der Waals surface area contributed by atoms with Crippen molar-refractivity contribution in [2.75, 3.05) is 13.2 Å². The van der Waals surface area contributed by atoms with E-state index in [0.717, 1.165) is 103 Å². The molecule has 0 aliphatic heterocycles. The van der Waals surface area contributed by atoms with Crippen molar-refractivity contribution in [3.63, 3.8) is 0 Å². The lowest BCUT2D eigenvalue weighted by atomic mass is 10.0. The molecule has 1 atom stereocenters. The average molecular weight is 1170 g/mol. The summed E-state index contributed by atoms with van der Waals surface area (Å²) in [6.07, 6.45) is 107. The topological polar surface area (TPSA) is 72.8 Å². The van der Waals surface area contributed by atoms with Crippen molar-refractivity contribution in [2.24, 2.45) is 0 Å². The molecule has 0 rings (SSSR count). The molecule has 0 saturated heterocycles. The third-order valence-corrected chi connectivity index (χ3v) is 16.1. The van der Waals surface area contributed by atoms with Crippen LogP contribution < -0.4 is 0 Å². The van der Waals surface area contributed by atoms with Gasteiger partial charge in [-0.05, 0) is 83.5 Å². The number of aliphatic hydroxyl groups excluding tert-OH is 1. The van der Waals surface area contributed by atoms with Gasteiger partial charge >= 0.3 is 11.9 Å². The minimum atomic E-state index is -0.782. The van der Waals surface area contributed by atoms with Crippen molar-refractivity contribution in [1.29, 1.82) is 0 Å². The van der Waals surface area contributed by atoms with Crippen LogP contribution in [0.25, 0.3) is 0 Å². The highest BCUT2D eigenvalue weighted by atomic mass is 16.6. The molecule has 0 saturated carbocycles. The van der Waals surface area contributed by atoms with E-state index in [9.17, 15) is 14.7 Å². The first-order valence-electron chi connectivity index (χ1n) is 36.4. The van der Waals surface area contributed by atoms with Crippen LogP contribution in [0.4, 0.5) is 0 Å². The van der Waals surface area contributed by atoms with E-state index >= 15 is 0 Å². The molecule has 0 spiro atoms. The van der Waals surface area contributed by atoms with Crippen LogP contribution in [-0.2, 0) is 19.1 Å². The number of aliphatic hydroxyl groups is 1. The number of rotatable bonds is 67. The molecule has 0 aromatic heterocycles. The molecular weight excluding hydrogens is 1030 g/mol. The number of carbonyl (C=O) groups excluding carboxylic acids is 2. The van der Waals surface area contributed by atoms with E-state index in [0.29, 0.717) is 12.8 Å². The minimum Gasteiger partial charge on any atom is -0.462 e. The van der Waals surface area contributed by atoms with Gasteiger partial charge in [0.2, 0.25) is 0 Å². The molecular formula is C79H138O5. The van der Waals surface area contributed by atoms with E-state index < -0.39 is 6.10 Å². The molecule has 0 aromatic carbocycles. The Kier molecular flexibility index (Phi) is 70.8. The fourth-order valence-corrected chi connectivity index (χ4v) is 10.7. The van der Waals surface area contributed by atoms with Gasteiger partial charge in [-0.3, -0.25) is 9.59 Å². The fourth-order valence-electron chi connectivity index (χ4n) is 10.7. The van der Waals surface area contributed by atoms with Crippen molar-refractivity contribution < 1.29 is 24.2 Å². The van der Waals surface area contributed by atoms with Crippen LogP contribution >= 0.6 is 0 Å². The fraction of sp³-hybridized carbons (Fsp3) is 0.747. The van der Waals surface area contributed by atoms with Gasteiger partial charge < -0.3 is 14.6 Å². The summed E-state index contributed by atoms with van der Waals surface area (Å²) in [5, 5.41) is 9.71. The van der Waals surface area contributed by atoms with Gasteiger partial charge in [0.15, 0.2) is 6.10 Å². The van der Waals surface area contributed by atoms with E-state index in [1.165, 1.54) is 231 Å². The van der Waals surface area contributed by atoms with Gasteiger partial charge in [0.25, 0.3) is 0 Å². The van der Waals surface area contributed by atoms with Gasteiger partial charge in [0.1, 0.15) is 6.61 Å². The zero-order valence-corrected chi connectivity index (χ0v) is 55.6. The molecule has 0 heterocycles. The van der Waals surface area contributed by atoms with E-state index in [1.807, 2.05) is 0 Å². The lowest BCUT2D eigenvalue weighted by Gasteiger charge is -2.15. The predicted molar refractivity (Wildman–Crippen MR) is 371 cm³/mol. The molecule has 5 heteroatoms. The SMILES string of the molecule is CC/C=C\C/C=C\C/C=C\C/C=C\C/C=C\C/C=C\C/C=C\C/C=C\C/C=C\CCCCCCCCCCCC(=O)OC(CO)COC(=O)CCCCCCCCCCCCCCCCCCCCCCCCCCCCCCCCCCC. The van der Waals surface area contributed by atoms with E-state index in [1.54, 1.807) is 0 Å². The van der Waals surface area contributed by atoms with Crippen molar-refractivity contribution in [3.05, 3.63) is 109 Å². The Bertz CT molecular complexity index is 1610. The first-order chi connectivity index (χ1) is 41.6. The monoisotopic (exact) mass is 1170 g/mol. The summed E-state index contributed by atoms with van der Waals surface area (Å²) in [6.45, 7) is 4.06. The first-order valence-corrected chi connectivity index (χ1v) is 36.4. The zero-order valence-electron chi connectivity index (χ0n) is 55.6. The maximum Gasteiger partial charge on any atom is 0.306 e. The number of carbonyl (C=O) groups is 2. The summed E-state index contributed by atoms with van der Waals surface area (Å²) in [5.74, 6) is -0.587. The molecule has 1 N–H and O–H groups in total. The number of ether oxygens (including phenoxy) is 2. The highest BCUT2D eigenvalue weighted by Gasteiger charge is 2.16. The van der Waals surface area contributed by atoms with Crippen molar-refractivity contribution >= 4 is 11.9 Å². The lowest BCUT2D eigenvalue weighted by Crippen LogP contribution is -2.28. The Morgan fingerprint density at radius 2 is 0.512 bits per heavy atom. The van der Waals surface area contributed by atoms with Gasteiger partial charge in [0.05, 0.1) is 6.61 Å². The third kappa shape index (κ3) is 71.0. The van der Waals surface area contributed by atoms with Gasteiger partial charge in [-0.2, -0.15) is 0 Å². The van der Waals surface area contributed by atoms with Crippen LogP contribution in [-0.4, -0.2) is 36.4 Å². The lowest BCUT2D eigenvalue weighted by molar-refractivity contribution is -0.161. The second-order valence-corrected chi connectivity index (χ2v) is 24.3. The summed E-state index contributed by atoms with van der Waals surface area (Å²) in [6, 6.07) is 0. The third-order valence-electron chi connectivity index (χ3n) is 16.1. The van der Waals surface area contributed by atoms with Gasteiger partial charge in [-0.15, -0.1) is 0 Å². The molecule has 84 heavy (non-hydrogen) atoms. The number of unbranched alkanes of at least 4 members (excludes halogenated alkanes) is 41. The Balaban J connectivity index is 3.48. The largest absolute Gasteiger partial charge is 0.462 e. The highest BCUT2D eigenvalue weighted by molar-refractivity contribution is 5.70. The molecule has 0 fully saturated rings. The summed E-state index contributed by atoms with van der Waals surface area (Å²) >= 11 is 0. The Morgan fingerprint density at radius 3 is 0.774 bits per heavy atom. The minimum absolute atomic E-state index is 0.0693. The van der Waals surface area contributed by atoms with Crippen molar-refractivity contribution in [2.45, 2.75) is 367 Å². The molecule has 0 bridgehead atoms. The molecule has 484 valence electrons. The van der Waals surface area contributed by atoms with Crippen LogP contribution in [0.2, 0.25) is 0 Å². The van der Waals surface area contributed by atoms with E-state index in [2.05, 4.69) is 123 Å². The van der Waals surface area contributed by atoms with Crippen LogP contribution in [0.1, 0.15) is 361 Å². The summed E-state index contributed by atoms with van der Waals surface area (Å²) in [4.78, 5) is 24.7. The quantitative estimate of drug-likeness (QED) is 0.0373. The second kappa shape index (κ2) is 73.8. The molecule has 0 radical (unpaired) electrons. The Morgan fingerprint density at radius 1 is 0.286 bits per heavy atom. The maximum absolute atomic E-state index is 12.4. The zero-order chi connectivity index (χ0) is 60.5. The smallest absolute Gasteiger partial charge is 0.306 e. The summed E-state index contributed by atoms with van der Waals surface area (Å²) in [5.41, 5.74) is 0. The van der Waals surface area contributed by atoms with E-state index in [4.69, 9.17) is 9.47 Å². The number of hydrogen-bond acceptors (Lipinski definition) is 5. The van der Waals surface area contributed by atoms with Gasteiger partial charge in [-0.1, -0.05) is 374 Å². The van der Waals surface area contributed by atoms with Crippen molar-refractivity contribution in [1.82, 2.24) is 0 Å². The van der Waals surface area contributed by atoms with Crippen LogP contribution in [0, 0.1) is 0 Å². The van der Waals surface area contributed by atoms with Gasteiger partial charge in [-0.25, -0.2) is 0 Å². The van der Waals surface area contributed by atoms with Crippen LogP contribution in [0.5, 0.6) is 0 Å². The Labute approximate surface area is 522 Å². The predicted octanol–water partition coefficient (Wildman–Crippen LogP) is 25.5. The molecule has 1 unspecified atom stereocenters. The number of hydrogen-bond donors (Lipinski definition) is 1. The van der Waals surface area contributed by atoms with Gasteiger partial charge in [0, 0.05) is 12.8 Å². The number of allylic oxidation sites excluding steroid dienone is 18. The molecule has 0 aliphatic rings. The molecule has 0 aromatic rings. The van der Waals surface area contributed by atoms with E-state index in [-0.39, 0.29) is 25.2 Å². The Hall–Kier alpha value is -3.44.